The second kappa shape index (κ2) is 7.34. The highest BCUT2D eigenvalue weighted by Crippen LogP contribution is 2.15. The molecule has 0 amide bonds. The zero-order chi connectivity index (χ0) is 17.7. The number of rotatable bonds is 5. The van der Waals surface area contributed by atoms with E-state index in [1.807, 2.05) is 0 Å². The van der Waals surface area contributed by atoms with E-state index in [0.717, 1.165) is 5.56 Å². The molecular weight excluding hydrogens is 352 g/mol. The van der Waals surface area contributed by atoms with Gasteiger partial charge in [-0.1, -0.05) is 12.1 Å². The van der Waals surface area contributed by atoms with Gasteiger partial charge >= 0.3 is 0 Å². The minimum atomic E-state index is -3.71. The molecule has 10 heteroatoms. The van der Waals surface area contributed by atoms with Gasteiger partial charge in [0.1, 0.15) is 0 Å². The molecule has 2 rings (SSSR count). The molecule has 2 aromatic carbocycles. The maximum absolute atomic E-state index is 11.2. The molecule has 0 aliphatic carbocycles. The molecule has 0 aliphatic rings. The molecule has 0 radical (unpaired) electrons. The quantitative estimate of drug-likeness (QED) is 0.418. The number of sulfonamides is 1. The van der Waals surface area contributed by atoms with Crippen molar-refractivity contribution in [1.29, 1.82) is 0 Å². The van der Waals surface area contributed by atoms with Crippen molar-refractivity contribution in [3.05, 3.63) is 64.2 Å². The smallest absolute Gasteiger partial charge is 0.269 e. The molecule has 0 saturated carbocycles. The number of hydrogen-bond acceptors (Lipinski definition) is 5. The number of nitro benzene ring substituents is 1. The summed E-state index contributed by atoms with van der Waals surface area (Å²) in [6.07, 6.45) is 0. The molecule has 0 unspecified atom stereocenters. The maximum atomic E-state index is 11.2. The molecular formula is C14H14N4O4S2. The lowest BCUT2D eigenvalue weighted by atomic mass is 10.2. The van der Waals surface area contributed by atoms with Crippen molar-refractivity contribution in [2.45, 2.75) is 11.4 Å². The van der Waals surface area contributed by atoms with Crippen LogP contribution in [0.1, 0.15) is 5.56 Å². The first kappa shape index (κ1) is 17.8. The molecule has 0 spiro atoms. The lowest BCUT2D eigenvalue weighted by Gasteiger charge is -2.10. The van der Waals surface area contributed by atoms with Crippen molar-refractivity contribution in [2.24, 2.45) is 5.14 Å². The summed E-state index contributed by atoms with van der Waals surface area (Å²) in [5, 5.41) is 21.8. The molecule has 0 atom stereocenters. The second-order valence-corrected chi connectivity index (χ2v) is 6.77. The highest BCUT2D eigenvalue weighted by molar-refractivity contribution is 7.89. The summed E-state index contributed by atoms with van der Waals surface area (Å²) in [7, 11) is -3.71. The lowest BCUT2D eigenvalue weighted by Crippen LogP contribution is -2.27. The number of nitro groups is 1. The molecule has 2 aromatic rings. The summed E-state index contributed by atoms with van der Waals surface area (Å²) in [4.78, 5) is 10.1. The Hall–Kier alpha value is -2.56. The number of thiocarbonyl (C=S) groups is 1. The van der Waals surface area contributed by atoms with Crippen LogP contribution in [0.3, 0.4) is 0 Å². The zero-order valence-electron chi connectivity index (χ0n) is 12.3. The topological polar surface area (TPSA) is 127 Å². The van der Waals surface area contributed by atoms with Gasteiger partial charge in [0, 0.05) is 24.4 Å². The van der Waals surface area contributed by atoms with Crippen LogP contribution in [0, 0.1) is 10.1 Å². The SMILES string of the molecule is NS(=O)(=O)c1ccc(CNC(=S)Nc2ccc([N+](=O)[O-])cc2)cc1. The normalized spacial score (nSPS) is 10.9. The summed E-state index contributed by atoms with van der Waals surface area (Å²) in [5.41, 5.74) is 1.42. The van der Waals surface area contributed by atoms with E-state index in [9.17, 15) is 18.5 Å². The van der Waals surface area contributed by atoms with E-state index in [2.05, 4.69) is 10.6 Å². The molecule has 24 heavy (non-hydrogen) atoms. The number of hydrogen-bond donors (Lipinski definition) is 3. The zero-order valence-corrected chi connectivity index (χ0v) is 13.9. The van der Waals surface area contributed by atoms with Crippen molar-refractivity contribution in [3.63, 3.8) is 0 Å². The van der Waals surface area contributed by atoms with Crippen molar-refractivity contribution in [3.8, 4) is 0 Å². The van der Waals surface area contributed by atoms with Crippen LogP contribution in [0.25, 0.3) is 0 Å². The molecule has 0 aromatic heterocycles. The fraction of sp³-hybridized carbons (Fsp3) is 0.0714. The molecule has 0 bridgehead atoms. The summed E-state index contributed by atoms with van der Waals surface area (Å²) < 4.78 is 22.3. The monoisotopic (exact) mass is 366 g/mol. The fourth-order valence-corrected chi connectivity index (χ4v) is 2.53. The number of nitrogens with two attached hydrogens (primary N) is 1. The first-order valence-corrected chi connectivity index (χ1v) is 8.62. The number of non-ortho nitro benzene ring substituents is 1. The fourth-order valence-electron chi connectivity index (χ4n) is 1.82. The Bertz CT molecular complexity index is 849. The standard InChI is InChI=1S/C14H14N4O4S2/c15-24(21,22)13-7-1-10(2-8-13)9-16-14(23)17-11-3-5-12(6-4-11)18(19)20/h1-8H,9H2,(H2,15,21,22)(H2,16,17,23). The molecule has 4 N–H and O–H groups in total. The Morgan fingerprint density at radius 3 is 2.21 bits per heavy atom. The third-order valence-corrected chi connectivity index (χ3v) is 4.22. The van der Waals surface area contributed by atoms with E-state index >= 15 is 0 Å². The van der Waals surface area contributed by atoms with E-state index in [-0.39, 0.29) is 10.6 Å². The predicted molar refractivity (Wildman–Crippen MR) is 94.0 cm³/mol. The van der Waals surface area contributed by atoms with E-state index in [0.29, 0.717) is 17.3 Å². The second-order valence-electron chi connectivity index (χ2n) is 4.80. The van der Waals surface area contributed by atoms with Crippen LogP contribution in [0.4, 0.5) is 11.4 Å². The molecule has 0 aliphatic heterocycles. The highest BCUT2D eigenvalue weighted by Gasteiger charge is 2.07. The Morgan fingerprint density at radius 1 is 1.12 bits per heavy atom. The van der Waals surface area contributed by atoms with Gasteiger partial charge in [-0.2, -0.15) is 0 Å². The van der Waals surface area contributed by atoms with Crippen LogP contribution >= 0.6 is 12.2 Å². The van der Waals surface area contributed by atoms with Gasteiger partial charge in [0.15, 0.2) is 5.11 Å². The van der Waals surface area contributed by atoms with Crippen LogP contribution in [-0.2, 0) is 16.6 Å². The Labute approximate surface area is 143 Å². The summed E-state index contributed by atoms with van der Waals surface area (Å²) in [5.74, 6) is 0. The third kappa shape index (κ3) is 4.98. The molecule has 8 nitrogen and oxygen atoms in total. The molecule has 126 valence electrons. The van der Waals surface area contributed by atoms with Crippen molar-refractivity contribution in [2.75, 3.05) is 5.32 Å². The van der Waals surface area contributed by atoms with Gasteiger partial charge in [0.2, 0.25) is 10.0 Å². The lowest BCUT2D eigenvalue weighted by molar-refractivity contribution is -0.384. The maximum Gasteiger partial charge on any atom is 0.269 e. The van der Waals surface area contributed by atoms with Gasteiger partial charge in [-0.05, 0) is 42.0 Å². The largest absolute Gasteiger partial charge is 0.358 e. The minimum absolute atomic E-state index is 0.00521. The first-order chi connectivity index (χ1) is 11.3. The van der Waals surface area contributed by atoms with Crippen LogP contribution in [0.2, 0.25) is 0 Å². The van der Waals surface area contributed by atoms with Crippen LogP contribution in [0.15, 0.2) is 53.4 Å². The Kier molecular flexibility index (Phi) is 5.44. The molecule has 0 fully saturated rings. The van der Waals surface area contributed by atoms with E-state index in [1.165, 1.54) is 24.3 Å². The summed E-state index contributed by atoms with van der Waals surface area (Å²) in [6.45, 7) is 0.379. The summed E-state index contributed by atoms with van der Waals surface area (Å²) >= 11 is 5.13. The van der Waals surface area contributed by atoms with Crippen molar-refractivity contribution >= 4 is 38.7 Å². The number of nitrogens with one attached hydrogen (secondary N) is 2. The Morgan fingerprint density at radius 2 is 1.71 bits per heavy atom. The van der Waals surface area contributed by atoms with E-state index in [4.69, 9.17) is 17.4 Å². The van der Waals surface area contributed by atoms with Gasteiger partial charge in [-0.3, -0.25) is 10.1 Å². The highest BCUT2D eigenvalue weighted by atomic mass is 32.2. The third-order valence-electron chi connectivity index (χ3n) is 3.04. The van der Waals surface area contributed by atoms with Crippen LogP contribution in [-0.4, -0.2) is 18.5 Å². The number of benzene rings is 2. The van der Waals surface area contributed by atoms with E-state index < -0.39 is 14.9 Å². The number of nitrogens with zero attached hydrogens (tertiary/aromatic N) is 1. The van der Waals surface area contributed by atoms with Gasteiger partial charge < -0.3 is 10.6 Å². The molecule has 0 saturated heterocycles. The van der Waals surface area contributed by atoms with Gasteiger partial charge in [-0.15, -0.1) is 0 Å². The summed E-state index contributed by atoms with van der Waals surface area (Å²) in [6, 6.07) is 11.9. The predicted octanol–water partition coefficient (Wildman–Crippen LogP) is 1.73. The van der Waals surface area contributed by atoms with Crippen LogP contribution in [0.5, 0.6) is 0 Å². The number of anilines is 1. The van der Waals surface area contributed by atoms with Gasteiger partial charge in [0.25, 0.3) is 5.69 Å². The number of primary sulfonamides is 1. The van der Waals surface area contributed by atoms with E-state index in [1.54, 1.807) is 24.3 Å². The molecule has 0 heterocycles. The van der Waals surface area contributed by atoms with Gasteiger partial charge in [-0.25, -0.2) is 13.6 Å². The average Bonchev–Trinajstić information content (AvgIpc) is 2.53. The van der Waals surface area contributed by atoms with Crippen molar-refractivity contribution in [1.82, 2.24) is 5.32 Å². The van der Waals surface area contributed by atoms with Crippen molar-refractivity contribution < 1.29 is 13.3 Å². The Balaban J connectivity index is 1.90. The van der Waals surface area contributed by atoms with Crippen LogP contribution < -0.4 is 15.8 Å². The average molecular weight is 366 g/mol. The van der Waals surface area contributed by atoms with Gasteiger partial charge in [0.05, 0.1) is 9.82 Å². The first-order valence-electron chi connectivity index (χ1n) is 6.67. The minimum Gasteiger partial charge on any atom is -0.358 e.